The van der Waals surface area contributed by atoms with Crippen LogP contribution in [0.1, 0.15) is 11.1 Å². The van der Waals surface area contributed by atoms with Crippen LogP contribution in [0.15, 0.2) is 42.5 Å². The fourth-order valence-corrected chi connectivity index (χ4v) is 2.08. The number of amides is 2. The molecule has 2 rings (SSSR count). The average molecular weight is 302 g/mol. The Kier molecular flexibility index (Phi) is 4.99. The molecule has 0 saturated heterocycles. The summed E-state index contributed by atoms with van der Waals surface area (Å²) in [5, 5.41) is 2.66. The molecule has 0 unspecified atom stereocenters. The van der Waals surface area contributed by atoms with Crippen molar-refractivity contribution in [3.05, 3.63) is 59.4 Å². The van der Waals surface area contributed by atoms with Crippen LogP contribution in [-0.2, 0) is 6.54 Å². The van der Waals surface area contributed by atoms with Gasteiger partial charge in [0.15, 0.2) is 11.6 Å². The van der Waals surface area contributed by atoms with Crippen LogP contribution in [0, 0.1) is 12.7 Å². The fourth-order valence-electron chi connectivity index (χ4n) is 2.08. The summed E-state index contributed by atoms with van der Waals surface area (Å²) in [6, 6.07) is 11.9. The number of nitrogens with zero attached hydrogens (tertiary/aromatic N) is 1. The molecule has 2 aromatic carbocycles. The molecule has 116 valence electrons. The van der Waals surface area contributed by atoms with Crippen molar-refractivity contribution in [1.29, 1.82) is 0 Å². The van der Waals surface area contributed by atoms with E-state index in [1.165, 1.54) is 19.2 Å². The minimum absolute atomic E-state index is 0.145. The van der Waals surface area contributed by atoms with Crippen LogP contribution in [0.5, 0.6) is 5.75 Å². The minimum Gasteiger partial charge on any atom is -0.494 e. The van der Waals surface area contributed by atoms with E-state index in [4.69, 9.17) is 4.74 Å². The highest BCUT2D eigenvalue weighted by Crippen LogP contribution is 2.21. The number of carbonyl (C=O) groups excluding carboxylic acids is 1. The highest BCUT2D eigenvalue weighted by molar-refractivity contribution is 5.89. The molecule has 0 spiro atoms. The zero-order valence-electron chi connectivity index (χ0n) is 12.9. The highest BCUT2D eigenvalue weighted by Gasteiger charge is 2.12. The van der Waals surface area contributed by atoms with Gasteiger partial charge < -0.3 is 15.0 Å². The molecule has 0 aliphatic heterocycles. The number of carbonyl (C=O) groups is 1. The third kappa shape index (κ3) is 3.75. The maximum Gasteiger partial charge on any atom is 0.321 e. The van der Waals surface area contributed by atoms with Crippen molar-refractivity contribution in [2.75, 3.05) is 19.5 Å². The quantitative estimate of drug-likeness (QED) is 0.933. The number of urea groups is 1. The summed E-state index contributed by atoms with van der Waals surface area (Å²) < 4.78 is 18.5. The molecule has 0 aromatic heterocycles. The number of ether oxygens (including phenoxy) is 1. The number of benzene rings is 2. The second-order valence-corrected chi connectivity index (χ2v) is 5.06. The smallest absolute Gasteiger partial charge is 0.321 e. The third-order valence-corrected chi connectivity index (χ3v) is 3.42. The van der Waals surface area contributed by atoms with Gasteiger partial charge in [0.1, 0.15) is 0 Å². The summed E-state index contributed by atoms with van der Waals surface area (Å²) in [5.41, 5.74) is 2.58. The van der Waals surface area contributed by atoms with Crippen LogP contribution >= 0.6 is 0 Å². The van der Waals surface area contributed by atoms with Crippen molar-refractivity contribution in [1.82, 2.24) is 4.90 Å². The number of methoxy groups -OCH3 is 1. The zero-order valence-corrected chi connectivity index (χ0v) is 12.9. The van der Waals surface area contributed by atoms with Gasteiger partial charge in [-0.3, -0.25) is 0 Å². The molecule has 22 heavy (non-hydrogen) atoms. The van der Waals surface area contributed by atoms with Crippen LogP contribution in [0.3, 0.4) is 0 Å². The Balaban J connectivity index is 2.02. The van der Waals surface area contributed by atoms with Gasteiger partial charge in [-0.25, -0.2) is 9.18 Å². The van der Waals surface area contributed by atoms with Gasteiger partial charge in [0, 0.05) is 25.3 Å². The normalized spacial score (nSPS) is 10.2. The van der Waals surface area contributed by atoms with E-state index in [9.17, 15) is 9.18 Å². The maximum atomic E-state index is 13.6. The van der Waals surface area contributed by atoms with Crippen molar-refractivity contribution in [3.8, 4) is 5.75 Å². The largest absolute Gasteiger partial charge is 0.494 e. The summed E-state index contributed by atoms with van der Waals surface area (Å²) in [4.78, 5) is 13.7. The standard InChI is InChI=1S/C17H19FN2O2/c1-12-6-4-5-7-13(12)11-20(2)17(21)19-14-8-9-16(22-3)15(18)10-14/h4-10H,11H2,1-3H3,(H,19,21). The number of hydrogen-bond donors (Lipinski definition) is 1. The van der Waals surface area contributed by atoms with Gasteiger partial charge in [-0.15, -0.1) is 0 Å². The summed E-state index contributed by atoms with van der Waals surface area (Å²) in [7, 11) is 3.09. The second kappa shape index (κ2) is 6.93. The molecule has 2 amide bonds. The molecule has 5 heteroatoms. The highest BCUT2D eigenvalue weighted by atomic mass is 19.1. The monoisotopic (exact) mass is 302 g/mol. The molecule has 0 heterocycles. The van der Waals surface area contributed by atoms with Crippen LogP contribution in [0.2, 0.25) is 0 Å². The number of nitrogens with one attached hydrogen (secondary N) is 1. The molecule has 4 nitrogen and oxygen atoms in total. The second-order valence-electron chi connectivity index (χ2n) is 5.06. The summed E-state index contributed by atoms with van der Waals surface area (Å²) in [6.45, 7) is 2.48. The number of rotatable bonds is 4. The van der Waals surface area contributed by atoms with Gasteiger partial charge in [0.25, 0.3) is 0 Å². The Morgan fingerprint density at radius 1 is 1.27 bits per heavy atom. The van der Waals surface area contributed by atoms with E-state index in [0.717, 1.165) is 11.1 Å². The Morgan fingerprint density at radius 3 is 2.64 bits per heavy atom. The lowest BCUT2D eigenvalue weighted by atomic mass is 10.1. The zero-order chi connectivity index (χ0) is 16.1. The summed E-state index contributed by atoms with van der Waals surface area (Å²) in [6.07, 6.45) is 0. The molecule has 0 saturated carbocycles. The van der Waals surface area contributed by atoms with E-state index in [1.54, 1.807) is 18.0 Å². The van der Waals surface area contributed by atoms with Crippen molar-refractivity contribution in [3.63, 3.8) is 0 Å². The lowest BCUT2D eigenvalue weighted by Gasteiger charge is -2.19. The van der Waals surface area contributed by atoms with E-state index >= 15 is 0 Å². The van der Waals surface area contributed by atoms with E-state index in [0.29, 0.717) is 12.2 Å². The topological polar surface area (TPSA) is 41.6 Å². The van der Waals surface area contributed by atoms with Gasteiger partial charge in [-0.05, 0) is 30.2 Å². The van der Waals surface area contributed by atoms with Crippen LogP contribution in [0.25, 0.3) is 0 Å². The van der Waals surface area contributed by atoms with Crippen molar-refractivity contribution >= 4 is 11.7 Å². The van der Waals surface area contributed by atoms with E-state index in [1.807, 2.05) is 31.2 Å². The molecule has 1 N–H and O–H groups in total. The molecule has 0 bridgehead atoms. The maximum absolute atomic E-state index is 13.6. The average Bonchev–Trinajstić information content (AvgIpc) is 2.49. The first-order valence-corrected chi connectivity index (χ1v) is 6.91. The first-order valence-electron chi connectivity index (χ1n) is 6.91. The number of aryl methyl sites for hydroxylation is 1. The van der Waals surface area contributed by atoms with Crippen LogP contribution in [-0.4, -0.2) is 25.1 Å². The SMILES string of the molecule is COc1ccc(NC(=O)N(C)Cc2ccccc2C)cc1F. The predicted octanol–water partition coefficient (Wildman–Crippen LogP) is 3.81. The van der Waals surface area contributed by atoms with Crippen LogP contribution in [0.4, 0.5) is 14.9 Å². The summed E-state index contributed by atoms with van der Waals surface area (Å²) in [5.74, 6) is -0.367. The first kappa shape index (κ1) is 15.8. The molecular weight excluding hydrogens is 283 g/mol. The first-order chi connectivity index (χ1) is 10.5. The van der Waals surface area contributed by atoms with Gasteiger partial charge in [0.05, 0.1) is 7.11 Å². The van der Waals surface area contributed by atoms with Crippen molar-refractivity contribution in [2.45, 2.75) is 13.5 Å². The fraction of sp³-hybridized carbons (Fsp3) is 0.235. The number of anilines is 1. The van der Waals surface area contributed by atoms with Gasteiger partial charge in [-0.1, -0.05) is 24.3 Å². The number of halogens is 1. The predicted molar refractivity (Wildman–Crippen MR) is 84.6 cm³/mol. The van der Waals surface area contributed by atoms with E-state index in [-0.39, 0.29) is 11.8 Å². The Labute approximate surface area is 129 Å². The molecule has 0 fully saturated rings. The minimum atomic E-state index is -0.512. The molecule has 0 aliphatic rings. The molecule has 0 aliphatic carbocycles. The van der Waals surface area contributed by atoms with Gasteiger partial charge >= 0.3 is 6.03 Å². The lowest BCUT2D eigenvalue weighted by molar-refractivity contribution is 0.220. The Bertz CT molecular complexity index is 673. The van der Waals surface area contributed by atoms with Gasteiger partial charge in [-0.2, -0.15) is 0 Å². The van der Waals surface area contributed by atoms with E-state index in [2.05, 4.69) is 5.32 Å². The van der Waals surface area contributed by atoms with E-state index < -0.39 is 5.82 Å². The molecule has 0 atom stereocenters. The third-order valence-electron chi connectivity index (χ3n) is 3.42. The molecule has 0 radical (unpaired) electrons. The van der Waals surface area contributed by atoms with Crippen LogP contribution < -0.4 is 10.1 Å². The van der Waals surface area contributed by atoms with Crippen molar-refractivity contribution < 1.29 is 13.9 Å². The molecular formula is C17H19FN2O2. The van der Waals surface area contributed by atoms with Crippen molar-refractivity contribution in [2.24, 2.45) is 0 Å². The summed E-state index contributed by atoms with van der Waals surface area (Å²) >= 11 is 0. The number of hydrogen-bond acceptors (Lipinski definition) is 2. The Morgan fingerprint density at radius 2 is 2.00 bits per heavy atom. The lowest BCUT2D eigenvalue weighted by Crippen LogP contribution is -2.31. The van der Waals surface area contributed by atoms with Gasteiger partial charge in [0.2, 0.25) is 0 Å². The molecule has 2 aromatic rings. The Hall–Kier alpha value is -2.56.